The lowest BCUT2D eigenvalue weighted by Gasteiger charge is -2.16. The summed E-state index contributed by atoms with van der Waals surface area (Å²) in [5.74, 6) is -0.684. The highest BCUT2D eigenvalue weighted by Crippen LogP contribution is 2.33. The number of aliphatic hydroxyl groups excluding tert-OH is 2. The molecule has 3 rings (SSSR count). The summed E-state index contributed by atoms with van der Waals surface area (Å²) in [5, 5.41) is 23.3. The number of aliphatic hydroxyl groups is 2. The fourth-order valence-corrected chi connectivity index (χ4v) is 4.79. The highest BCUT2D eigenvalue weighted by molar-refractivity contribution is 6.04. The Hall–Kier alpha value is -3.55. The van der Waals surface area contributed by atoms with Crippen LogP contribution in [0.3, 0.4) is 0 Å². The van der Waals surface area contributed by atoms with E-state index in [2.05, 4.69) is 12.2 Å². The van der Waals surface area contributed by atoms with Crippen molar-refractivity contribution < 1.29 is 29.3 Å². The number of allylic oxidation sites excluding steroid dienone is 2. The number of ether oxygens (including phenoxy) is 1. The molecule has 0 spiro atoms. The summed E-state index contributed by atoms with van der Waals surface area (Å²) >= 11 is 0. The lowest BCUT2D eigenvalue weighted by Crippen LogP contribution is -2.18. The molecule has 2 aromatic rings. The topological polar surface area (TPSA) is 113 Å². The van der Waals surface area contributed by atoms with E-state index < -0.39 is 12.2 Å². The molecule has 7 heteroatoms. The van der Waals surface area contributed by atoms with E-state index in [1.165, 1.54) is 0 Å². The lowest BCUT2D eigenvalue weighted by atomic mass is 9.90. The summed E-state index contributed by atoms with van der Waals surface area (Å²) in [5.41, 5.74) is 1.16. The average Bonchev–Trinajstić information content (AvgIpc) is 3.22. The Bertz CT molecular complexity index is 1140. The average molecular weight is 548 g/mol. The van der Waals surface area contributed by atoms with E-state index in [0.717, 1.165) is 19.3 Å². The van der Waals surface area contributed by atoms with Gasteiger partial charge in [-0.15, -0.1) is 0 Å². The summed E-state index contributed by atoms with van der Waals surface area (Å²) in [7, 11) is 0. The van der Waals surface area contributed by atoms with Crippen LogP contribution in [0.5, 0.6) is 5.75 Å². The zero-order valence-corrected chi connectivity index (χ0v) is 23.2. The Morgan fingerprint density at radius 3 is 2.52 bits per heavy atom. The van der Waals surface area contributed by atoms with Gasteiger partial charge in [-0.3, -0.25) is 14.4 Å². The first kappa shape index (κ1) is 31.0. The monoisotopic (exact) mass is 547 g/mol. The number of benzene rings is 2. The van der Waals surface area contributed by atoms with Crippen LogP contribution in [0, 0.1) is 11.8 Å². The molecule has 1 unspecified atom stereocenters. The molecule has 1 aliphatic carbocycles. The molecule has 0 heterocycles. The second-order valence-corrected chi connectivity index (χ2v) is 10.3. The molecule has 1 amide bonds. The fraction of sp³-hybridized carbons (Fsp3) is 0.424. The van der Waals surface area contributed by atoms with Gasteiger partial charge in [-0.05, 0) is 62.1 Å². The van der Waals surface area contributed by atoms with Crippen molar-refractivity contribution in [3.05, 3.63) is 84.5 Å². The number of esters is 1. The third-order valence-corrected chi connectivity index (χ3v) is 7.08. The molecule has 3 N–H and O–H groups in total. The van der Waals surface area contributed by atoms with Gasteiger partial charge in [0, 0.05) is 35.9 Å². The molecular formula is C33H41NO6. The third-order valence-electron chi connectivity index (χ3n) is 7.08. The number of anilines is 1. The number of ketones is 1. The number of unbranched alkanes of at least 4 members (excludes halogenated alkanes) is 3. The highest BCUT2D eigenvalue weighted by atomic mass is 16.5. The molecule has 0 bridgehead atoms. The van der Waals surface area contributed by atoms with Crippen LogP contribution in [0.25, 0.3) is 0 Å². The van der Waals surface area contributed by atoms with E-state index >= 15 is 0 Å². The summed E-state index contributed by atoms with van der Waals surface area (Å²) in [6.07, 6.45) is 12.1. The molecule has 7 nitrogen and oxygen atoms in total. The van der Waals surface area contributed by atoms with Crippen LogP contribution in [0.1, 0.15) is 75.1 Å². The molecule has 2 aromatic carbocycles. The van der Waals surface area contributed by atoms with Gasteiger partial charge in [0.2, 0.25) is 0 Å². The first-order chi connectivity index (χ1) is 19.4. The molecule has 0 aromatic heterocycles. The molecule has 0 aliphatic heterocycles. The third kappa shape index (κ3) is 10.2. The van der Waals surface area contributed by atoms with Crippen molar-refractivity contribution in [1.29, 1.82) is 0 Å². The quantitative estimate of drug-likeness (QED) is 0.109. The van der Waals surface area contributed by atoms with E-state index in [1.807, 2.05) is 24.3 Å². The van der Waals surface area contributed by atoms with Gasteiger partial charge in [0.15, 0.2) is 0 Å². The number of hydrogen-bond donors (Lipinski definition) is 3. The summed E-state index contributed by atoms with van der Waals surface area (Å²) < 4.78 is 5.39. The number of nitrogens with one attached hydrogen (secondary N) is 1. The molecule has 40 heavy (non-hydrogen) atoms. The van der Waals surface area contributed by atoms with Gasteiger partial charge in [0.1, 0.15) is 11.5 Å². The number of rotatable bonds is 15. The van der Waals surface area contributed by atoms with Gasteiger partial charge < -0.3 is 20.3 Å². The molecular weight excluding hydrogens is 506 g/mol. The van der Waals surface area contributed by atoms with Crippen LogP contribution in [0.15, 0.2) is 78.9 Å². The van der Waals surface area contributed by atoms with Crippen LogP contribution < -0.4 is 10.1 Å². The predicted octanol–water partition coefficient (Wildman–Crippen LogP) is 6.02. The lowest BCUT2D eigenvalue weighted by molar-refractivity contribution is -0.134. The van der Waals surface area contributed by atoms with Crippen molar-refractivity contribution in [3.8, 4) is 5.75 Å². The SMILES string of the molecule is CCCCC[C@@H](O)/C=C/[C@H]1C(O)CC(=O)[C@@H]1C/C=C\CCCC(=O)Oc1ccc(NC(=O)c2ccccc2)cc1. The van der Waals surface area contributed by atoms with E-state index in [-0.39, 0.29) is 42.3 Å². The van der Waals surface area contributed by atoms with Crippen LogP contribution in [0.4, 0.5) is 5.69 Å². The van der Waals surface area contributed by atoms with Crippen molar-refractivity contribution in [2.24, 2.45) is 11.8 Å². The Morgan fingerprint density at radius 2 is 1.80 bits per heavy atom. The second kappa shape index (κ2) is 16.5. The standard InChI is InChI=1S/C33H41NO6/c1-2-3-7-14-26(35)19-22-29-28(30(36)23-31(29)37)15-10-4-5-11-16-32(38)40-27-20-17-25(18-21-27)34-33(39)24-12-8-6-9-13-24/h4,6,8-10,12-13,17-22,26,28-29,31,35,37H,2-3,5,7,11,14-16,23H2,1H3,(H,34,39)/b10-4-,22-19+/t26-,28-,29-,31?/m1/s1. The van der Waals surface area contributed by atoms with E-state index in [0.29, 0.717) is 42.7 Å². The van der Waals surface area contributed by atoms with Gasteiger partial charge in [-0.1, -0.05) is 68.7 Å². The van der Waals surface area contributed by atoms with Crippen molar-refractivity contribution in [3.63, 3.8) is 0 Å². The van der Waals surface area contributed by atoms with Crippen LogP contribution >= 0.6 is 0 Å². The fourth-order valence-electron chi connectivity index (χ4n) is 4.79. The minimum Gasteiger partial charge on any atom is -0.427 e. The van der Waals surface area contributed by atoms with Gasteiger partial charge in [-0.25, -0.2) is 0 Å². The summed E-state index contributed by atoms with van der Waals surface area (Å²) in [4.78, 5) is 36.9. The minimum atomic E-state index is -0.714. The van der Waals surface area contributed by atoms with E-state index in [9.17, 15) is 24.6 Å². The Morgan fingerprint density at radius 1 is 1.05 bits per heavy atom. The molecule has 1 aliphatic rings. The number of carbonyl (C=O) groups excluding carboxylic acids is 3. The molecule has 1 saturated carbocycles. The van der Waals surface area contributed by atoms with Crippen LogP contribution in [-0.4, -0.2) is 40.1 Å². The molecule has 214 valence electrons. The maximum absolute atomic E-state index is 12.4. The van der Waals surface area contributed by atoms with Crippen molar-refractivity contribution in [2.75, 3.05) is 5.32 Å². The zero-order valence-electron chi connectivity index (χ0n) is 23.2. The summed E-state index contributed by atoms with van der Waals surface area (Å²) in [6.45, 7) is 2.12. The maximum atomic E-state index is 12.4. The van der Waals surface area contributed by atoms with Gasteiger partial charge >= 0.3 is 5.97 Å². The molecule has 0 saturated heterocycles. The summed E-state index contributed by atoms with van der Waals surface area (Å²) in [6, 6.07) is 15.6. The first-order valence-corrected chi connectivity index (χ1v) is 14.3. The Labute approximate surface area is 237 Å². The largest absolute Gasteiger partial charge is 0.427 e. The van der Waals surface area contributed by atoms with E-state index in [1.54, 1.807) is 54.6 Å². The molecule has 4 atom stereocenters. The zero-order chi connectivity index (χ0) is 28.7. The minimum absolute atomic E-state index is 0.0431. The van der Waals surface area contributed by atoms with Crippen molar-refractivity contribution in [2.45, 2.75) is 76.9 Å². The maximum Gasteiger partial charge on any atom is 0.311 e. The first-order valence-electron chi connectivity index (χ1n) is 14.3. The Balaban J connectivity index is 1.36. The van der Waals surface area contributed by atoms with Crippen molar-refractivity contribution in [1.82, 2.24) is 0 Å². The smallest absolute Gasteiger partial charge is 0.311 e. The van der Waals surface area contributed by atoms with Gasteiger partial charge in [0.05, 0.1) is 12.2 Å². The highest BCUT2D eigenvalue weighted by Gasteiger charge is 2.39. The number of hydrogen-bond acceptors (Lipinski definition) is 6. The van der Waals surface area contributed by atoms with Crippen molar-refractivity contribution >= 4 is 23.3 Å². The van der Waals surface area contributed by atoms with Gasteiger partial charge in [-0.2, -0.15) is 0 Å². The molecule has 0 radical (unpaired) electrons. The predicted molar refractivity (Wildman–Crippen MR) is 156 cm³/mol. The van der Waals surface area contributed by atoms with Crippen LogP contribution in [0.2, 0.25) is 0 Å². The number of carbonyl (C=O) groups is 3. The Kier molecular flexibility index (Phi) is 12.8. The van der Waals surface area contributed by atoms with Gasteiger partial charge in [0.25, 0.3) is 5.91 Å². The van der Waals surface area contributed by atoms with Crippen LogP contribution in [-0.2, 0) is 9.59 Å². The number of amides is 1. The number of Topliss-reactive ketones (excluding diaryl/α,β-unsaturated/α-hetero) is 1. The molecule has 1 fully saturated rings. The normalized spacial score (nSPS) is 19.8. The van der Waals surface area contributed by atoms with E-state index in [4.69, 9.17) is 4.74 Å². The second-order valence-electron chi connectivity index (χ2n) is 10.3.